The Morgan fingerprint density at radius 1 is 1.24 bits per heavy atom. The fourth-order valence-electron chi connectivity index (χ4n) is 2.30. The monoisotopic (exact) mass is 242 g/mol. The number of unbranched alkanes of at least 4 members (excludes halogenated alkanes) is 2. The maximum atomic E-state index is 11.6. The molecule has 0 radical (unpaired) electrons. The number of carbonyl (C=O) groups excluding carboxylic acids is 1. The molecule has 0 heterocycles. The van der Waals surface area contributed by atoms with Gasteiger partial charge in [-0.3, -0.25) is 4.79 Å². The molecule has 1 saturated carbocycles. The lowest BCUT2D eigenvalue weighted by atomic mass is 9.93. The second-order valence-electron chi connectivity index (χ2n) is 4.85. The van der Waals surface area contributed by atoms with Gasteiger partial charge in [0.05, 0.1) is 0 Å². The van der Waals surface area contributed by atoms with Gasteiger partial charge in [-0.1, -0.05) is 6.42 Å². The highest BCUT2D eigenvalue weighted by molar-refractivity contribution is 5.69. The second kappa shape index (κ2) is 8.48. The van der Waals surface area contributed by atoms with Crippen molar-refractivity contribution in [1.82, 2.24) is 5.32 Å². The van der Waals surface area contributed by atoms with E-state index in [0.29, 0.717) is 19.0 Å². The third kappa shape index (κ3) is 6.03. The Kier molecular flexibility index (Phi) is 7.21. The van der Waals surface area contributed by atoms with Crippen LogP contribution in [0.4, 0.5) is 0 Å². The molecule has 0 bridgehead atoms. The van der Waals surface area contributed by atoms with Crippen LogP contribution in [-0.4, -0.2) is 31.7 Å². The number of nitrogens with two attached hydrogens (primary N) is 1. The minimum Gasteiger partial charge on any atom is -0.462 e. The van der Waals surface area contributed by atoms with Crippen LogP contribution in [0.15, 0.2) is 0 Å². The first-order valence-corrected chi connectivity index (χ1v) is 6.83. The van der Waals surface area contributed by atoms with Crippen molar-refractivity contribution < 1.29 is 9.53 Å². The van der Waals surface area contributed by atoms with Crippen LogP contribution in [0.3, 0.4) is 0 Å². The molecule has 0 atom stereocenters. The summed E-state index contributed by atoms with van der Waals surface area (Å²) in [6, 6.07) is 0.606. The lowest BCUT2D eigenvalue weighted by molar-refractivity contribution is -0.150. The summed E-state index contributed by atoms with van der Waals surface area (Å²) < 4.78 is 5.47. The van der Waals surface area contributed by atoms with Crippen LogP contribution in [0.1, 0.15) is 51.4 Å². The molecule has 1 fully saturated rings. The molecule has 0 aliphatic heterocycles. The van der Waals surface area contributed by atoms with Crippen LogP contribution >= 0.6 is 0 Å². The Hall–Kier alpha value is -0.610. The standard InChI is InChI=1S/C13H26N2O2/c1-15-11-6-8-12(9-7-11)17-13(16)5-3-2-4-10-14/h11-12,15H,2-10,14H2,1H3. The van der Waals surface area contributed by atoms with Gasteiger partial charge in [-0.05, 0) is 52.1 Å². The molecule has 1 aliphatic carbocycles. The lowest BCUT2D eigenvalue weighted by Gasteiger charge is -2.27. The molecule has 0 amide bonds. The Balaban J connectivity index is 2.06. The predicted molar refractivity (Wildman–Crippen MR) is 68.7 cm³/mol. The molecule has 4 nitrogen and oxygen atoms in total. The third-order valence-corrected chi connectivity index (χ3v) is 3.47. The number of hydrogen-bond acceptors (Lipinski definition) is 4. The van der Waals surface area contributed by atoms with Crippen LogP contribution in [0.5, 0.6) is 0 Å². The smallest absolute Gasteiger partial charge is 0.306 e. The minimum atomic E-state index is -0.0325. The summed E-state index contributed by atoms with van der Waals surface area (Å²) in [5.41, 5.74) is 5.40. The normalized spacial score (nSPS) is 24.6. The maximum absolute atomic E-state index is 11.6. The van der Waals surface area contributed by atoms with E-state index in [4.69, 9.17) is 10.5 Å². The number of esters is 1. The zero-order chi connectivity index (χ0) is 12.5. The summed E-state index contributed by atoms with van der Waals surface area (Å²) in [4.78, 5) is 11.6. The minimum absolute atomic E-state index is 0.0325. The number of rotatable bonds is 7. The third-order valence-electron chi connectivity index (χ3n) is 3.47. The van der Waals surface area contributed by atoms with Gasteiger partial charge in [0.1, 0.15) is 6.10 Å². The van der Waals surface area contributed by atoms with Gasteiger partial charge < -0.3 is 15.8 Å². The van der Waals surface area contributed by atoms with Crippen molar-refractivity contribution in [1.29, 1.82) is 0 Å². The summed E-state index contributed by atoms with van der Waals surface area (Å²) in [6.07, 6.45) is 7.86. The van der Waals surface area contributed by atoms with Gasteiger partial charge in [0, 0.05) is 12.5 Å². The first-order chi connectivity index (χ1) is 8.26. The van der Waals surface area contributed by atoms with E-state index in [1.165, 1.54) is 0 Å². The molecule has 0 unspecified atom stereocenters. The van der Waals surface area contributed by atoms with Crippen molar-refractivity contribution in [2.24, 2.45) is 5.73 Å². The van der Waals surface area contributed by atoms with Gasteiger partial charge in [-0.25, -0.2) is 0 Å². The van der Waals surface area contributed by atoms with Crippen molar-refractivity contribution in [2.75, 3.05) is 13.6 Å². The molecule has 0 aromatic heterocycles. The van der Waals surface area contributed by atoms with Crippen molar-refractivity contribution in [3.8, 4) is 0 Å². The fraction of sp³-hybridized carbons (Fsp3) is 0.923. The summed E-state index contributed by atoms with van der Waals surface area (Å²) in [5.74, 6) is -0.0325. The molecule has 3 N–H and O–H groups in total. The summed E-state index contributed by atoms with van der Waals surface area (Å²) in [7, 11) is 1.99. The molecule has 1 aliphatic rings. The predicted octanol–water partition coefficient (Wildman–Crippen LogP) is 1.58. The molecule has 0 spiro atoms. The van der Waals surface area contributed by atoms with Crippen molar-refractivity contribution in [2.45, 2.75) is 63.5 Å². The van der Waals surface area contributed by atoms with E-state index >= 15 is 0 Å². The van der Waals surface area contributed by atoms with E-state index in [2.05, 4.69) is 5.32 Å². The van der Waals surface area contributed by atoms with E-state index in [1.54, 1.807) is 0 Å². The lowest BCUT2D eigenvalue weighted by Crippen LogP contribution is -2.33. The van der Waals surface area contributed by atoms with E-state index in [-0.39, 0.29) is 12.1 Å². The number of carbonyl (C=O) groups is 1. The number of hydrogen-bond donors (Lipinski definition) is 2. The Morgan fingerprint density at radius 3 is 2.53 bits per heavy atom. The van der Waals surface area contributed by atoms with Gasteiger partial charge in [-0.15, -0.1) is 0 Å². The number of ether oxygens (including phenoxy) is 1. The second-order valence-corrected chi connectivity index (χ2v) is 4.85. The Morgan fingerprint density at radius 2 is 1.94 bits per heavy atom. The van der Waals surface area contributed by atoms with Crippen LogP contribution in [0, 0.1) is 0 Å². The van der Waals surface area contributed by atoms with Crippen molar-refractivity contribution >= 4 is 5.97 Å². The molecule has 0 saturated heterocycles. The highest BCUT2D eigenvalue weighted by Crippen LogP contribution is 2.21. The molecule has 17 heavy (non-hydrogen) atoms. The quantitative estimate of drug-likeness (QED) is 0.525. The van der Waals surface area contributed by atoms with Crippen LogP contribution in [0.2, 0.25) is 0 Å². The van der Waals surface area contributed by atoms with Crippen LogP contribution < -0.4 is 11.1 Å². The molecular weight excluding hydrogens is 216 g/mol. The first kappa shape index (κ1) is 14.5. The highest BCUT2D eigenvalue weighted by atomic mass is 16.5. The molecule has 4 heteroatoms. The average Bonchev–Trinajstić information content (AvgIpc) is 2.36. The van der Waals surface area contributed by atoms with E-state index in [1.807, 2.05) is 7.05 Å². The van der Waals surface area contributed by atoms with E-state index in [9.17, 15) is 4.79 Å². The van der Waals surface area contributed by atoms with Crippen molar-refractivity contribution in [3.05, 3.63) is 0 Å². The fourth-order valence-corrected chi connectivity index (χ4v) is 2.30. The van der Waals surface area contributed by atoms with E-state index in [0.717, 1.165) is 44.9 Å². The topological polar surface area (TPSA) is 64.3 Å². The Labute approximate surface area is 104 Å². The van der Waals surface area contributed by atoms with Gasteiger partial charge in [0.15, 0.2) is 0 Å². The molecular formula is C13H26N2O2. The van der Waals surface area contributed by atoms with Crippen LogP contribution in [-0.2, 0) is 9.53 Å². The number of nitrogens with one attached hydrogen (secondary N) is 1. The van der Waals surface area contributed by atoms with E-state index < -0.39 is 0 Å². The average molecular weight is 242 g/mol. The van der Waals surface area contributed by atoms with Gasteiger partial charge >= 0.3 is 5.97 Å². The van der Waals surface area contributed by atoms with Gasteiger partial charge in [0.2, 0.25) is 0 Å². The van der Waals surface area contributed by atoms with Gasteiger partial charge in [0.25, 0.3) is 0 Å². The summed E-state index contributed by atoms with van der Waals surface area (Å²) in [5, 5.41) is 3.27. The zero-order valence-electron chi connectivity index (χ0n) is 10.9. The van der Waals surface area contributed by atoms with Gasteiger partial charge in [-0.2, -0.15) is 0 Å². The molecule has 100 valence electrons. The largest absolute Gasteiger partial charge is 0.462 e. The Bertz CT molecular complexity index is 213. The molecule has 0 aromatic rings. The zero-order valence-corrected chi connectivity index (χ0v) is 10.9. The first-order valence-electron chi connectivity index (χ1n) is 6.83. The SMILES string of the molecule is CNC1CCC(OC(=O)CCCCCN)CC1. The maximum Gasteiger partial charge on any atom is 0.306 e. The molecule has 1 rings (SSSR count). The summed E-state index contributed by atoms with van der Waals surface area (Å²) in [6.45, 7) is 0.711. The van der Waals surface area contributed by atoms with Crippen LogP contribution in [0.25, 0.3) is 0 Å². The van der Waals surface area contributed by atoms with Crippen molar-refractivity contribution in [3.63, 3.8) is 0 Å². The highest BCUT2D eigenvalue weighted by Gasteiger charge is 2.22. The molecule has 0 aromatic carbocycles. The summed E-state index contributed by atoms with van der Waals surface area (Å²) >= 11 is 0.